The number of H-pyrrole nitrogens is 1. The van der Waals surface area contributed by atoms with Gasteiger partial charge >= 0.3 is 17.7 Å². The van der Waals surface area contributed by atoms with Gasteiger partial charge < -0.3 is 121 Å². The Kier molecular flexibility index (Phi) is 26.8. The SMILES string of the molecule is COc1cccc2c1C(=O)c1c(O)c3c(c(O)c1C2=O)C[C@@](O)(C(=O)CO)C[C@@H]3OC1CC(NC(=O)O[C@H](CC2CN(CCOCCOCCOCCNC(=O)CC[C@H](NC(=O)c3ccc(NCc4cnc5nc(N)[nH]c(=O)c5n4)cc3)C(=O)O)N=N2)c2ccc(O[C@@H]3OC(CO)[C@H](O)[C@H](O)C3O)c([N+](=O)[O-])c2)C(O)C(C)O1. The number of rotatable bonds is 35. The minimum atomic E-state index is -2.52. The zero-order valence-electron chi connectivity index (χ0n) is 60.5. The lowest BCUT2D eigenvalue weighted by atomic mass is 9.72. The fourth-order valence-corrected chi connectivity index (χ4v) is 13.5. The highest BCUT2D eigenvalue weighted by Crippen LogP contribution is 2.53. The number of aromatic nitrogens is 4. The van der Waals surface area contributed by atoms with Crippen molar-refractivity contribution in [2.24, 2.45) is 10.3 Å². The van der Waals surface area contributed by atoms with Crippen molar-refractivity contribution >= 4 is 69.7 Å². The molecule has 42 heteroatoms. The molecular weight excluding hydrogens is 1500 g/mol. The van der Waals surface area contributed by atoms with Crippen molar-refractivity contribution in [3.05, 3.63) is 138 Å². The van der Waals surface area contributed by atoms with Crippen molar-refractivity contribution in [2.75, 3.05) is 90.6 Å². The number of nitrogen functional groups attached to an aromatic ring is 1. The first-order chi connectivity index (χ1) is 54.1. The van der Waals surface area contributed by atoms with Gasteiger partial charge in [0, 0.05) is 72.7 Å². The number of aromatic hydroxyl groups is 2. The molecule has 2 fully saturated rings. The number of phenols is 2. The topological polar surface area (TPSA) is 622 Å². The highest BCUT2D eigenvalue weighted by Gasteiger charge is 2.51. The van der Waals surface area contributed by atoms with Crippen LogP contribution in [0.5, 0.6) is 23.0 Å². The van der Waals surface area contributed by atoms with Crippen molar-refractivity contribution < 1.29 is 132 Å². The number of phenolic OH excluding ortho intramolecular Hbond substituents is 2. The van der Waals surface area contributed by atoms with Crippen LogP contribution >= 0.6 is 0 Å². The van der Waals surface area contributed by atoms with Gasteiger partial charge in [-0.25, -0.2) is 19.6 Å². The highest BCUT2D eigenvalue weighted by atomic mass is 16.7. The number of nitrogens with zero attached hydrogens (tertiary/aromatic N) is 7. The van der Waals surface area contributed by atoms with E-state index in [9.17, 15) is 99.5 Å². The van der Waals surface area contributed by atoms with Gasteiger partial charge in [-0.15, -0.1) is 0 Å². The number of aromatic amines is 1. The second-order valence-corrected chi connectivity index (χ2v) is 27.0. The Morgan fingerprint density at radius 2 is 1.59 bits per heavy atom. The molecule has 2 aromatic heterocycles. The minimum absolute atomic E-state index is 0.00985. The smallest absolute Gasteiger partial charge is 0.408 e. The van der Waals surface area contributed by atoms with Crippen LogP contribution in [-0.4, -0.2) is 275 Å². The predicted octanol–water partition coefficient (Wildman–Crippen LogP) is -0.911. The molecule has 0 bridgehead atoms. The van der Waals surface area contributed by atoms with Crippen LogP contribution in [0.25, 0.3) is 11.2 Å². The van der Waals surface area contributed by atoms with Crippen LogP contribution in [0.15, 0.2) is 82.0 Å². The molecule has 0 radical (unpaired) electrons. The van der Waals surface area contributed by atoms with Gasteiger partial charge in [-0.2, -0.15) is 10.1 Å². The zero-order chi connectivity index (χ0) is 81.1. The number of carbonyl (C=O) groups excluding carboxylic acids is 6. The van der Waals surface area contributed by atoms with Gasteiger partial charge in [0.15, 0.2) is 34.8 Å². The first-order valence-corrected chi connectivity index (χ1v) is 35.6. The highest BCUT2D eigenvalue weighted by molar-refractivity contribution is 6.31. The number of alkyl carbamates (subject to hydrolysis) is 1. The van der Waals surface area contributed by atoms with Crippen molar-refractivity contribution in [3.8, 4) is 23.0 Å². The number of anilines is 2. The third-order valence-electron chi connectivity index (χ3n) is 19.4. The maximum absolute atomic E-state index is 14.3. The van der Waals surface area contributed by atoms with E-state index in [2.05, 4.69) is 51.5 Å². The number of nitrogens with two attached hydrogens (primary N) is 1. The lowest BCUT2D eigenvalue weighted by Crippen LogP contribution is -2.60. The summed E-state index contributed by atoms with van der Waals surface area (Å²) in [6, 6.07) is 10.1. The molecular formula is C71H83N13O29. The number of Topliss-reactive ketones (excluding diaryl/α,β-unsaturated/α-hetero) is 1. The summed E-state index contributed by atoms with van der Waals surface area (Å²) in [4.78, 5) is 132. The van der Waals surface area contributed by atoms with Gasteiger partial charge in [-0.3, -0.25) is 48.9 Å². The maximum atomic E-state index is 14.3. The van der Waals surface area contributed by atoms with E-state index in [4.69, 9.17) is 48.4 Å². The molecule has 5 heterocycles. The molecule has 42 nitrogen and oxygen atoms in total. The quantitative estimate of drug-likeness (QED) is 0.00989. The summed E-state index contributed by atoms with van der Waals surface area (Å²) in [6.07, 6.45) is -18.7. The second kappa shape index (κ2) is 36.6. The number of carboxylic acid groups (broad SMARTS) is 1. The number of fused-ring (bicyclic) bond motifs is 4. The molecule has 2 saturated heterocycles. The second-order valence-electron chi connectivity index (χ2n) is 27.0. The summed E-state index contributed by atoms with van der Waals surface area (Å²) in [5.74, 6) is -7.85. The van der Waals surface area contributed by atoms with Crippen LogP contribution in [-0.2, 0) is 60.5 Å². The fourth-order valence-electron chi connectivity index (χ4n) is 13.5. The van der Waals surface area contributed by atoms with Crippen LogP contribution in [0.1, 0.15) is 116 Å². The largest absolute Gasteiger partial charge is 0.507 e. The standard InChI is InChI=1S/C71H83N13O29/c1-32-56(89)41(24-50(109-32)110-46-26-71(102,48(87)31-86)25-39-52(46)61(94)54-53(58(39)91)57(90)38-4-3-5-44(105-2)51(38)60(54)93)78-70(101)113-45(34-8-12-43(42(22-34)84(103)104)111-68-63(96)62(95)59(92)47(30-85)112-68)23-36-29-83(82-81-36)15-17-107-19-21-108-20-18-106-16-14-73-49(88)13-11-40(67(99)100)77-65(97)33-6-9-35(10-7-33)74-27-37-28-75-64-55(76-37)66(98)80-69(72)79-64/h3-10,12,22,28,32,36,40-41,45-47,50,56,59,62-63,68,74,85-86,89,91-92,94-96,102H,11,13-21,23-27,29-31H2,1-2H3,(H,73,88)(H,77,97)(H,78,101)(H,99,100)(H3,72,75,79,80,98)/t32?,36?,40-,41?,45+,46-,47?,50?,56?,59-,62-,63?,68+,71-/m0/s1. The number of aliphatic hydroxyl groups is 7. The molecule has 3 aliphatic heterocycles. The minimum Gasteiger partial charge on any atom is -0.507 e. The van der Waals surface area contributed by atoms with Crippen LogP contribution < -0.4 is 42.0 Å². The number of benzene rings is 4. The Balaban J connectivity index is 0.647. The Hall–Kier alpha value is -11.1. The molecule has 3 amide bonds. The predicted molar refractivity (Wildman–Crippen MR) is 382 cm³/mol. The molecule has 2 aliphatic carbocycles. The van der Waals surface area contributed by atoms with Crippen molar-refractivity contribution in [1.82, 2.24) is 40.9 Å². The fraction of sp³-hybridized carbons (Fsp3) is 0.479. The van der Waals surface area contributed by atoms with Gasteiger partial charge in [0.2, 0.25) is 23.9 Å². The Morgan fingerprint density at radius 1 is 0.867 bits per heavy atom. The van der Waals surface area contributed by atoms with Gasteiger partial charge in [0.25, 0.3) is 11.5 Å². The van der Waals surface area contributed by atoms with E-state index in [1.165, 1.54) is 56.6 Å². The number of hydrogen-bond donors (Lipinski definition) is 16. The van der Waals surface area contributed by atoms with E-state index in [1.54, 1.807) is 17.1 Å². The van der Waals surface area contributed by atoms with Crippen molar-refractivity contribution in [3.63, 3.8) is 0 Å². The number of methoxy groups -OCH3 is 1. The molecule has 113 heavy (non-hydrogen) atoms. The third-order valence-corrected chi connectivity index (χ3v) is 19.4. The van der Waals surface area contributed by atoms with Gasteiger partial charge in [-0.05, 0) is 55.3 Å². The molecule has 6 aromatic rings. The maximum Gasteiger partial charge on any atom is 0.408 e. The first kappa shape index (κ1) is 82.8. The van der Waals surface area contributed by atoms with E-state index in [0.717, 1.165) is 12.1 Å². The number of nitro benzene ring substituents is 1. The van der Waals surface area contributed by atoms with E-state index in [1.807, 2.05) is 0 Å². The summed E-state index contributed by atoms with van der Waals surface area (Å²) in [5, 5.41) is 142. The molecule has 0 saturated carbocycles. The average Bonchev–Trinajstić information content (AvgIpc) is 0.740. The lowest BCUT2D eigenvalue weighted by molar-refractivity contribution is -0.387. The van der Waals surface area contributed by atoms with E-state index < -0.39 is 203 Å². The average molecular weight is 1580 g/mol. The third kappa shape index (κ3) is 19.2. The molecule has 14 atom stereocenters. The number of amides is 3. The molecule has 0 spiro atoms. The van der Waals surface area contributed by atoms with Crippen LogP contribution in [0, 0.1) is 10.1 Å². The molecule has 7 unspecified atom stereocenters. The van der Waals surface area contributed by atoms with Gasteiger partial charge in [0.1, 0.15) is 72.1 Å². The number of nitro groups is 1. The molecule has 606 valence electrons. The van der Waals surface area contributed by atoms with Gasteiger partial charge in [-0.1, -0.05) is 23.4 Å². The summed E-state index contributed by atoms with van der Waals surface area (Å²) in [7, 11) is 1.25. The molecule has 5 aliphatic rings. The molecule has 11 rings (SSSR count). The zero-order valence-corrected chi connectivity index (χ0v) is 60.5. The molecule has 4 aromatic carbocycles. The number of ether oxygens (including phenoxy) is 9. The summed E-state index contributed by atoms with van der Waals surface area (Å²) in [5.41, 5.74) is 0.556. The van der Waals surface area contributed by atoms with E-state index >= 15 is 0 Å². The van der Waals surface area contributed by atoms with Gasteiger partial charge in [0.05, 0.1) is 131 Å². The first-order valence-electron chi connectivity index (χ1n) is 35.6. The lowest BCUT2D eigenvalue weighted by Gasteiger charge is -2.42. The normalized spacial score (nSPS) is 23.6. The monoisotopic (exact) mass is 1580 g/mol. The van der Waals surface area contributed by atoms with Crippen LogP contribution in [0.4, 0.5) is 22.1 Å². The van der Waals surface area contributed by atoms with E-state index in [-0.39, 0.29) is 141 Å². The number of hydrogen-bond acceptors (Lipinski definition) is 36. The number of aliphatic carboxylic acids is 1. The Bertz CT molecular complexity index is 4630. The summed E-state index contributed by atoms with van der Waals surface area (Å²) in [6.45, 7) is 0.722. The Morgan fingerprint density at radius 3 is 2.30 bits per heavy atom. The number of nitrogens with one attached hydrogen (secondary N) is 5. The molecule has 17 N–H and O–H groups in total. The number of aliphatic hydroxyl groups excluding tert-OH is 6. The number of ketones is 3. The number of carbonyl (C=O) groups is 7. The summed E-state index contributed by atoms with van der Waals surface area (Å²) < 4.78 is 51.6. The van der Waals surface area contributed by atoms with Crippen LogP contribution in [0.3, 0.4) is 0 Å². The Labute approximate surface area is 639 Å². The van der Waals surface area contributed by atoms with Crippen molar-refractivity contribution in [2.45, 2.75) is 137 Å². The summed E-state index contributed by atoms with van der Waals surface area (Å²) >= 11 is 0. The number of carboxylic acids is 1. The van der Waals surface area contributed by atoms with E-state index in [0.29, 0.717) is 11.4 Å². The van der Waals surface area contributed by atoms with Crippen LogP contribution in [0.2, 0.25) is 0 Å². The van der Waals surface area contributed by atoms with Crippen molar-refractivity contribution in [1.29, 1.82) is 0 Å².